The lowest BCUT2D eigenvalue weighted by molar-refractivity contribution is -0.236. The van der Waals surface area contributed by atoms with Crippen LogP contribution in [-0.4, -0.2) is 61.4 Å². The van der Waals surface area contributed by atoms with Crippen molar-refractivity contribution >= 4 is 34.3 Å². The van der Waals surface area contributed by atoms with E-state index >= 15 is 4.39 Å². The molecule has 1 unspecified atom stereocenters. The molecule has 11 heteroatoms. The first-order valence-corrected chi connectivity index (χ1v) is 11.9. The molecule has 1 N–H and O–H groups in total. The lowest BCUT2D eigenvalue weighted by atomic mass is 9.95. The van der Waals surface area contributed by atoms with E-state index in [0.29, 0.717) is 18.6 Å². The van der Waals surface area contributed by atoms with Crippen LogP contribution in [0.5, 0.6) is 5.75 Å². The number of anilines is 1. The Morgan fingerprint density at radius 1 is 1.17 bits per heavy atom. The number of hydrogen-bond acceptors (Lipinski definition) is 9. The number of rotatable bonds is 6. The number of halogens is 1. The Labute approximate surface area is 206 Å². The zero-order chi connectivity index (χ0) is 25.9. The molecule has 2 aromatic rings. The van der Waals surface area contributed by atoms with E-state index in [1.165, 1.54) is 27.2 Å². The number of ether oxygens (including phenoxy) is 3. The number of ketones is 1. The third-order valence-corrected chi connectivity index (χ3v) is 6.95. The number of likely N-dealkylation sites (N-methyl/N-ethyl adjacent to an activating group) is 1. The van der Waals surface area contributed by atoms with Crippen LogP contribution in [0.4, 0.5) is 10.1 Å². The molecule has 3 heterocycles. The van der Waals surface area contributed by atoms with Crippen molar-refractivity contribution in [3.05, 3.63) is 33.9 Å². The molecule has 2 saturated heterocycles. The minimum absolute atomic E-state index is 0.0420. The van der Waals surface area contributed by atoms with E-state index in [9.17, 15) is 19.2 Å². The topological polar surface area (TPSA) is 116 Å². The van der Waals surface area contributed by atoms with Gasteiger partial charge in [-0.2, -0.15) is 0 Å². The van der Waals surface area contributed by atoms with Gasteiger partial charge in [-0.25, -0.2) is 4.39 Å². The standard InChI is InChI=1S/C25H28FN3O7/c1-25(2)35-23(32)17(24(33)36-25)21(31)15-11-29(13-5-6-13)18-14(20(15)30)9-16(26)19(22(18)34-4)28-8-7-12(10-28)27-3/h9,11-13,17,27H,5-8,10H2,1-4H3. The van der Waals surface area contributed by atoms with E-state index in [0.717, 1.165) is 25.3 Å². The molecule has 0 amide bonds. The van der Waals surface area contributed by atoms with E-state index in [4.69, 9.17) is 14.2 Å². The maximum absolute atomic E-state index is 15.6. The molecule has 0 radical (unpaired) electrons. The first-order chi connectivity index (χ1) is 17.1. The third kappa shape index (κ3) is 3.91. The van der Waals surface area contributed by atoms with Crippen molar-refractivity contribution in [1.29, 1.82) is 0 Å². The lowest BCUT2D eigenvalue weighted by Gasteiger charge is -2.32. The molecule has 1 atom stereocenters. The molecule has 0 bridgehead atoms. The van der Waals surface area contributed by atoms with E-state index < -0.39 is 46.2 Å². The summed E-state index contributed by atoms with van der Waals surface area (Å²) >= 11 is 0. The quantitative estimate of drug-likeness (QED) is 0.360. The second-order valence-corrected chi connectivity index (χ2v) is 9.91. The van der Waals surface area contributed by atoms with Gasteiger partial charge in [0.2, 0.25) is 5.92 Å². The highest BCUT2D eigenvalue weighted by Crippen LogP contribution is 2.44. The number of nitrogens with zero attached hydrogens (tertiary/aromatic N) is 2. The molecular weight excluding hydrogens is 473 g/mol. The summed E-state index contributed by atoms with van der Waals surface area (Å²) in [6.45, 7) is 3.91. The predicted molar refractivity (Wildman–Crippen MR) is 127 cm³/mol. The molecule has 36 heavy (non-hydrogen) atoms. The molecule has 192 valence electrons. The van der Waals surface area contributed by atoms with Gasteiger partial charge in [-0.15, -0.1) is 0 Å². The number of carbonyl (C=O) groups is 3. The minimum atomic E-state index is -1.93. The number of hydrogen-bond donors (Lipinski definition) is 1. The van der Waals surface area contributed by atoms with Gasteiger partial charge in [0.05, 0.1) is 23.6 Å². The number of carbonyl (C=O) groups excluding carboxylic acids is 3. The Kier molecular flexibility index (Phi) is 5.77. The van der Waals surface area contributed by atoms with Gasteiger partial charge in [0.1, 0.15) is 5.69 Å². The highest BCUT2D eigenvalue weighted by Gasteiger charge is 2.48. The molecule has 10 nitrogen and oxygen atoms in total. The van der Waals surface area contributed by atoms with Crippen molar-refractivity contribution in [1.82, 2.24) is 9.88 Å². The fraction of sp³-hybridized carbons (Fsp3) is 0.520. The largest absolute Gasteiger partial charge is 0.492 e. The van der Waals surface area contributed by atoms with Gasteiger partial charge in [0, 0.05) is 45.2 Å². The van der Waals surface area contributed by atoms with Crippen molar-refractivity contribution < 1.29 is 33.0 Å². The van der Waals surface area contributed by atoms with Crippen molar-refractivity contribution in [2.24, 2.45) is 5.92 Å². The normalized spacial score (nSPS) is 22.0. The number of Topliss-reactive ketones (excluding diaryl/α,β-unsaturated/α-hetero) is 1. The van der Waals surface area contributed by atoms with E-state index in [-0.39, 0.29) is 28.9 Å². The van der Waals surface area contributed by atoms with Crippen molar-refractivity contribution in [3.63, 3.8) is 0 Å². The second-order valence-electron chi connectivity index (χ2n) is 9.91. The number of aromatic nitrogens is 1. The third-order valence-electron chi connectivity index (χ3n) is 6.95. The molecule has 1 aromatic heterocycles. The van der Waals surface area contributed by atoms with Crippen LogP contribution >= 0.6 is 0 Å². The Morgan fingerprint density at radius 2 is 1.83 bits per heavy atom. The van der Waals surface area contributed by atoms with Gasteiger partial charge < -0.3 is 29.0 Å². The molecule has 1 aliphatic carbocycles. The highest BCUT2D eigenvalue weighted by molar-refractivity contribution is 6.22. The first-order valence-electron chi connectivity index (χ1n) is 11.9. The maximum Gasteiger partial charge on any atom is 0.331 e. The van der Waals surface area contributed by atoms with Gasteiger partial charge in [0.25, 0.3) is 5.79 Å². The van der Waals surface area contributed by atoms with Gasteiger partial charge >= 0.3 is 11.9 Å². The molecule has 1 aromatic carbocycles. The Bertz CT molecular complexity index is 1330. The van der Waals surface area contributed by atoms with Crippen LogP contribution in [-0.2, 0) is 19.1 Å². The molecule has 3 fully saturated rings. The average Bonchev–Trinajstić information content (AvgIpc) is 3.54. The van der Waals surface area contributed by atoms with Crippen molar-refractivity contribution in [3.8, 4) is 5.75 Å². The minimum Gasteiger partial charge on any atom is -0.492 e. The summed E-state index contributed by atoms with van der Waals surface area (Å²) in [5.41, 5.74) is -0.563. The zero-order valence-electron chi connectivity index (χ0n) is 20.6. The monoisotopic (exact) mass is 501 g/mol. The first kappa shape index (κ1) is 24.2. The maximum atomic E-state index is 15.6. The van der Waals surface area contributed by atoms with Crippen LogP contribution < -0.4 is 20.4 Å². The number of nitrogens with one attached hydrogen (secondary N) is 1. The van der Waals surface area contributed by atoms with Gasteiger partial charge in [-0.1, -0.05) is 0 Å². The summed E-state index contributed by atoms with van der Waals surface area (Å²) in [7, 11) is 3.27. The molecule has 2 aliphatic heterocycles. The smallest absolute Gasteiger partial charge is 0.331 e. The van der Waals surface area contributed by atoms with Crippen LogP contribution in [0.2, 0.25) is 0 Å². The molecule has 1 saturated carbocycles. The lowest BCUT2D eigenvalue weighted by Crippen LogP contribution is -2.49. The fourth-order valence-corrected chi connectivity index (χ4v) is 5.04. The number of methoxy groups -OCH3 is 1. The van der Waals surface area contributed by atoms with Crippen molar-refractivity contribution in [2.45, 2.75) is 51.0 Å². The second kappa shape index (κ2) is 8.58. The summed E-state index contributed by atoms with van der Waals surface area (Å²) in [4.78, 5) is 53.7. The van der Waals surface area contributed by atoms with Gasteiger partial charge in [-0.05, 0) is 32.4 Å². The Morgan fingerprint density at radius 3 is 2.39 bits per heavy atom. The van der Waals surface area contributed by atoms with Crippen LogP contribution in [0, 0.1) is 11.7 Å². The molecule has 3 aliphatic rings. The summed E-state index contributed by atoms with van der Waals surface area (Å²) in [6, 6.07) is 1.26. The van der Waals surface area contributed by atoms with Crippen molar-refractivity contribution in [2.75, 3.05) is 32.1 Å². The summed E-state index contributed by atoms with van der Waals surface area (Å²) < 4.78 is 33.1. The van der Waals surface area contributed by atoms with E-state index in [2.05, 4.69) is 5.32 Å². The molecule has 5 rings (SSSR count). The zero-order valence-corrected chi connectivity index (χ0v) is 20.6. The molecule has 0 spiro atoms. The van der Waals surface area contributed by atoms with Crippen LogP contribution in [0.3, 0.4) is 0 Å². The summed E-state index contributed by atoms with van der Waals surface area (Å²) in [6.07, 6.45) is 3.74. The Hall–Kier alpha value is -3.47. The number of benzene rings is 1. The van der Waals surface area contributed by atoms with Crippen LogP contribution in [0.1, 0.15) is 49.5 Å². The predicted octanol–water partition coefficient (Wildman–Crippen LogP) is 1.92. The SMILES string of the molecule is CNC1CCN(c2c(F)cc3c(=O)c(C(=O)C4C(=O)OC(C)(C)OC4=O)cn(C4CC4)c3c2OC)C1. The molecular formula is C25H28FN3O7. The fourth-order valence-electron chi connectivity index (χ4n) is 5.04. The number of fused-ring (bicyclic) bond motifs is 1. The van der Waals surface area contributed by atoms with Gasteiger partial charge in [0.15, 0.2) is 22.8 Å². The van der Waals surface area contributed by atoms with E-state index in [1.54, 1.807) is 4.57 Å². The highest BCUT2D eigenvalue weighted by atomic mass is 19.1. The van der Waals surface area contributed by atoms with Crippen LogP contribution in [0.15, 0.2) is 17.1 Å². The summed E-state index contributed by atoms with van der Waals surface area (Å²) in [5, 5.41) is 3.13. The Balaban J connectivity index is 1.67. The summed E-state index contributed by atoms with van der Waals surface area (Å²) in [5.74, 6) is -7.11. The van der Waals surface area contributed by atoms with Gasteiger partial charge in [-0.3, -0.25) is 19.2 Å². The number of esters is 2. The van der Waals surface area contributed by atoms with E-state index in [1.807, 2.05) is 11.9 Å². The van der Waals surface area contributed by atoms with Crippen LogP contribution in [0.25, 0.3) is 10.9 Å². The number of pyridine rings is 1. The average molecular weight is 502 g/mol. The number of cyclic esters (lactones) is 2.